The molecular weight excluding hydrogens is 638 g/mol. The zero-order chi connectivity index (χ0) is 34.9. The van der Waals surface area contributed by atoms with Crippen LogP contribution < -0.4 is 19.9 Å². The second-order valence-electron chi connectivity index (χ2n) is 13.7. The van der Waals surface area contributed by atoms with Crippen molar-refractivity contribution >= 4 is 16.8 Å². The van der Waals surface area contributed by atoms with Crippen LogP contribution in [-0.4, -0.2) is 39.4 Å². The molecule has 0 saturated heterocycles. The van der Waals surface area contributed by atoms with Crippen LogP contribution in [0.25, 0.3) is 22.2 Å². The van der Waals surface area contributed by atoms with Gasteiger partial charge in [0.05, 0.1) is 19.3 Å². The Hall–Kier alpha value is -5.57. The third kappa shape index (κ3) is 6.44. The second-order valence-corrected chi connectivity index (χ2v) is 13.7. The number of nitrogens with two attached hydrogens (primary N) is 1. The lowest BCUT2D eigenvalue weighted by Crippen LogP contribution is -2.12. The summed E-state index contributed by atoms with van der Waals surface area (Å²) in [5.41, 5.74) is 14.1. The molecule has 8 rings (SSSR count). The smallest absolute Gasteiger partial charge is 0.248 e. The van der Waals surface area contributed by atoms with Crippen molar-refractivity contribution < 1.29 is 19.0 Å². The Morgan fingerprint density at radius 2 is 1.78 bits per heavy atom. The number of fused-ring (bicyclic) bond motifs is 5. The summed E-state index contributed by atoms with van der Waals surface area (Å²) in [5, 5.41) is 8.91. The molecule has 6 aromatic rings. The molecule has 9 heteroatoms. The van der Waals surface area contributed by atoms with E-state index in [1.165, 1.54) is 30.2 Å². The van der Waals surface area contributed by atoms with E-state index in [9.17, 15) is 4.79 Å². The molecule has 1 aliphatic carbocycles. The minimum Gasteiger partial charge on any atom is -0.497 e. The Balaban J connectivity index is 1.28. The predicted octanol–water partition coefficient (Wildman–Crippen LogP) is 8.24. The van der Waals surface area contributed by atoms with Gasteiger partial charge in [-0.05, 0) is 84.7 Å². The fourth-order valence-corrected chi connectivity index (χ4v) is 8.02. The molecule has 1 aliphatic heterocycles. The zero-order valence-corrected chi connectivity index (χ0v) is 29.2. The van der Waals surface area contributed by atoms with Crippen LogP contribution >= 0.6 is 0 Å². The summed E-state index contributed by atoms with van der Waals surface area (Å²) in [6, 6.07) is 28.6. The minimum absolute atomic E-state index is 0.209. The van der Waals surface area contributed by atoms with Crippen molar-refractivity contribution in [3.8, 4) is 28.5 Å². The molecule has 1 amide bonds. The Labute approximate surface area is 297 Å². The molecule has 3 N–H and O–H groups in total. The van der Waals surface area contributed by atoms with Crippen LogP contribution in [0.1, 0.15) is 88.2 Å². The highest BCUT2D eigenvalue weighted by molar-refractivity contribution is 6.01. The molecule has 1 atom stereocenters. The first kappa shape index (κ1) is 32.6. The van der Waals surface area contributed by atoms with E-state index in [4.69, 9.17) is 24.9 Å². The molecule has 2 aromatic heterocycles. The van der Waals surface area contributed by atoms with Crippen molar-refractivity contribution in [3.63, 3.8) is 0 Å². The number of benzene rings is 4. The summed E-state index contributed by atoms with van der Waals surface area (Å²) in [6.07, 6.45) is 6.53. The number of nitrogens with zero attached hydrogens (tertiary/aromatic N) is 3. The highest BCUT2D eigenvalue weighted by atomic mass is 16.5. The fourth-order valence-electron chi connectivity index (χ4n) is 8.02. The van der Waals surface area contributed by atoms with Gasteiger partial charge in [-0.15, -0.1) is 0 Å². The number of rotatable bonds is 10. The summed E-state index contributed by atoms with van der Waals surface area (Å²) in [7, 11) is 1.69. The topological polar surface area (TPSA) is 117 Å². The van der Waals surface area contributed by atoms with Crippen LogP contribution in [0, 0.1) is 6.92 Å². The first-order valence-electron chi connectivity index (χ1n) is 17.9. The monoisotopic (exact) mass is 681 g/mol. The van der Waals surface area contributed by atoms with Gasteiger partial charge in [-0.3, -0.25) is 9.89 Å². The number of ether oxygens (including phenoxy) is 3. The van der Waals surface area contributed by atoms with Gasteiger partial charge in [0.2, 0.25) is 5.91 Å². The molecule has 51 heavy (non-hydrogen) atoms. The molecule has 0 radical (unpaired) electrons. The maximum atomic E-state index is 12.4. The molecule has 2 aliphatic rings. The molecular formula is C42H43N5O4. The Bertz CT molecular complexity index is 2180. The van der Waals surface area contributed by atoms with Gasteiger partial charge in [0.15, 0.2) is 0 Å². The summed E-state index contributed by atoms with van der Waals surface area (Å²) < 4.78 is 21.0. The number of carbonyl (C=O) groups is 1. The maximum absolute atomic E-state index is 12.4. The van der Waals surface area contributed by atoms with Crippen LogP contribution in [0.4, 0.5) is 0 Å². The lowest BCUT2D eigenvalue weighted by Gasteiger charge is -2.26. The van der Waals surface area contributed by atoms with E-state index in [0.717, 1.165) is 69.4 Å². The molecule has 1 saturated carbocycles. The SMILES string of the molecule is COc1cc2c(c([C@H](Cc3ccc(OCc4ccccc4)cc3)c3nc(C)n[nH]3)c1)-c1c(C3CCCCC3)c3ccc(C(N)=O)cc3n1CCO2. The molecule has 260 valence electrons. The van der Waals surface area contributed by atoms with Gasteiger partial charge in [0.25, 0.3) is 0 Å². The van der Waals surface area contributed by atoms with Crippen LogP contribution in [0.15, 0.2) is 84.9 Å². The molecule has 4 aromatic carbocycles. The fraction of sp³-hybridized carbons (Fsp3) is 0.310. The number of hydrogen-bond acceptors (Lipinski definition) is 6. The lowest BCUT2D eigenvalue weighted by molar-refractivity contribution is 0.100. The van der Waals surface area contributed by atoms with Crippen molar-refractivity contribution in [1.82, 2.24) is 19.7 Å². The number of primary amides is 1. The van der Waals surface area contributed by atoms with Gasteiger partial charge in [-0.2, -0.15) is 5.10 Å². The second kappa shape index (κ2) is 14.0. The number of methoxy groups -OCH3 is 1. The van der Waals surface area contributed by atoms with E-state index in [-0.39, 0.29) is 5.92 Å². The summed E-state index contributed by atoms with van der Waals surface area (Å²) in [5.74, 6) is 3.51. The van der Waals surface area contributed by atoms with E-state index in [1.54, 1.807) is 7.11 Å². The van der Waals surface area contributed by atoms with Gasteiger partial charge in [0, 0.05) is 34.0 Å². The highest BCUT2D eigenvalue weighted by Gasteiger charge is 2.34. The van der Waals surface area contributed by atoms with Crippen LogP contribution in [0.5, 0.6) is 17.2 Å². The van der Waals surface area contributed by atoms with Crippen molar-refractivity contribution in [2.24, 2.45) is 5.73 Å². The number of aryl methyl sites for hydroxylation is 1. The van der Waals surface area contributed by atoms with Crippen molar-refractivity contribution in [2.75, 3.05) is 13.7 Å². The van der Waals surface area contributed by atoms with E-state index < -0.39 is 5.91 Å². The number of carbonyl (C=O) groups excluding carboxylic acids is 1. The Morgan fingerprint density at radius 1 is 0.980 bits per heavy atom. The number of hydrogen-bond donors (Lipinski definition) is 2. The first-order chi connectivity index (χ1) is 25.0. The number of aromatic nitrogens is 4. The lowest BCUT2D eigenvalue weighted by atomic mass is 9.79. The third-order valence-electron chi connectivity index (χ3n) is 10.5. The average molecular weight is 682 g/mol. The molecule has 0 bridgehead atoms. The summed E-state index contributed by atoms with van der Waals surface area (Å²) >= 11 is 0. The van der Waals surface area contributed by atoms with Gasteiger partial charge in [-0.1, -0.05) is 67.8 Å². The maximum Gasteiger partial charge on any atom is 0.248 e. The zero-order valence-electron chi connectivity index (χ0n) is 29.2. The highest BCUT2D eigenvalue weighted by Crippen LogP contribution is 2.51. The standard InChI is InChI=1S/C42H43N5O4/c1-26-44-42(46-45-26)35(21-27-13-16-31(17-14-27)51-25-28-9-5-3-6-10-28)34-23-32(49-2)24-37-39(34)40-38(29-11-7-4-8-12-29)33-18-15-30(41(43)48)22-36(33)47(40)19-20-50-37/h3,5-6,9-10,13-18,22-24,29,35H,4,7-8,11-12,19-21,25H2,1-2H3,(H2,43,48)(H,44,45,46)/t35-/m0/s1. The predicted molar refractivity (Wildman–Crippen MR) is 198 cm³/mol. The number of aromatic amines is 1. The Kier molecular flexibility index (Phi) is 8.94. The van der Waals surface area contributed by atoms with Gasteiger partial charge < -0.3 is 24.5 Å². The largest absolute Gasteiger partial charge is 0.497 e. The quantitative estimate of drug-likeness (QED) is 0.150. The number of H-pyrrole nitrogens is 1. The summed E-state index contributed by atoms with van der Waals surface area (Å²) in [4.78, 5) is 17.3. The number of amides is 1. The molecule has 0 unspecified atom stereocenters. The molecule has 3 heterocycles. The van der Waals surface area contributed by atoms with Gasteiger partial charge in [-0.25, -0.2) is 4.98 Å². The number of nitrogens with one attached hydrogen (secondary N) is 1. The van der Waals surface area contributed by atoms with Crippen molar-refractivity contribution in [3.05, 3.63) is 124 Å². The van der Waals surface area contributed by atoms with Crippen LogP contribution in [0.3, 0.4) is 0 Å². The molecule has 9 nitrogen and oxygen atoms in total. The summed E-state index contributed by atoms with van der Waals surface area (Å²) in [6.45, 7) is 3.51. The minimum atomic E-state index is -0.431. The van der Waals surface area contributed by atoms with E-state index >= 15 is 0 Å². The van der Waals surface area contributed by atoms with Crippen LogP contribution in [0.2, 0.25) is 0 Å². The van der Waals surface area contributed by atoms with Crippen molar-refractivity contribution in [1.29, 1.82) is 0 Å². The third-order valence-corrected chi connectivity index (χ3v) is 10.5. The Morgan fingerprint density at radius 3 is 2.51 bits per heavy atom. The van der Waals surface area contributed by atoms with Gasteiger partial charge >= 0.3 is 0 Å². The average Bonchev–Trinajstić information content (AvgIpc) is 3.68. The van der Waals surface area contributed by atoms with E-state index in [2.05, 4.69) is 51.2 Å². The van der Waals surface area contributed by atoms with Crippen molar-refractivity contribution in [2.45, 2.75) is 70.4 Å². The first-order valence-corrected chi connectivity index (χ1v) is 17.9. The molecule has 0 spiro atoms. The van der Waals surface area contributed by atoms with Crippen LogP contribution in [-0.2, 0) is 19.6 Å². The normalized spacial score (nSPS) is 15.0. The van der Waals surface area contributed by atoms with Gasteiger partial charge in [0.1, 0.15) is 42.1 Å². The van der Waals surface area contributed by atoms with E-state index in [1.807, 2.05) is 55.5 Å². The molecule has 1 fully saturated rings. The van der Waals surface area contributed by atoms with E-state index in [0.29, 0.717) is 43.5 Å².